The predicted octanol–water partition coefficient (Wildman–Crippen LogP) is 3.32. The van der Waals surface area contributed by atoms with Crippen LogP contribution in [0.3, 0.4) is 0 Å². The Morgan fingerprint density at radius 3 is 2.65 bits per heavy atom. The highest BCUT2D eigenvalue weighted by atomic mass is 16.5. The third kappa shape index (κ3) is 4.70. The maximum Gasteiger partial charge on any atom is 0.136 e. The molecule has 1 atom stereocenters. The van der Waals surface area contributed by atoms with Crippen molar-refractivity contribution in [3.05, 3.63) is 65.2 Å². The van der Waals surface area contributed by atoms with E-state index < -0.39 is 0 Å². The van der Waals surface area contributed by atoms with Gasteiger partial charge in [-0.25, -0.2) is 0 Å². The van der Waals surface area contributed by atoms with Crippen LogP contribution in [0, 0.1) is 22.7 Å². The molecule has 0 bridgehead atoms. The topological polar surface area (TPSA) is 45.1 Å². The quantitative estimate of drug-likeness (QED) is 0.618. The van der Waals surface area contributed by atoms with Gasteiger partial charge in [0.15, 0.2) is 0 Å². The highest BCUT2D eigenvalue weighted by Crippen LogP contribution is 2.18. The maximum absolute atomic E-state index is 10.5. The fourth-order valence-electron chi connectivity index (χ4n) is 2.09. The second-order valence-electron chi connectivity index (χ2n) is 5.57. The third-order valence-corrected chi connectivity index (χ3v) is 3.43. The summed E-state index contributed by atoms with van der Waals surface area (Å²) in [6.07, 6.45) is 4.77. The van der Waals surface area contributed by atoms with E-state index in [-0.39, 0.29) is 12.0 Å². The number of rotatable bonds is 5. The van der Waals surface area contributed by atoms with Gasteiger partial charge in [-0.2, -0.15) is 0 Å². The van der Waals surface area contributed by atoms with E-state index in [1.54, 1.807) is 0 Å². The zero-order valence-corrected chi connectivity index (χ0v) is 13.6. The van der Waals surface area contributed by atoms with E-state index >= 15 is 0 Å². The molecular formula is C18H21N3O2. The lowest BCUT2D eigenvalue weighted by Gasteiger charge is -2.24. The molecule has 1 aliphatic rings. The molecule has 23 heavy (non-hydrogen) atoms. The van der Waals surface area contributed by atoms with Crippen molar-refractivity contribution in [1.29, 1.82) is 0 Å². The van der Waals surface area contributed by atoms with Crippen molar-refractivity contribution in [1.82, 2.24) is 9.80 Å². The largest absolute Gasteiger partial charge is 0.345 e. The highest BCUT2D eigenvalue weighted by molar-refractivity contribution is 5.34. The van der Waals surface area contributed by atoms with E-state index in [0.717, 1.165) is 5.56 Å². The van der Waals surface area contributed by atoms with E-state index in [1.165, 1.54) is 6.20 Å². The minimum Gasteiger partial charge on any atom is -0.345 e. The lowest BCUT2D eigenvalue weighted by Crippen LogP contribution is -2.28. The molecule has 0 N–H and O–H groups in total. The molecular weight excluding hydrogens is 290 g/mol. The van der Waals surface area contributed by atoms with Gasteiger partial charge in [0, 0.05) is 25.0 Å². The molecule has 0 aromatic heterocycles. The Bertz CT molecular complexity index is 641. The standard InChI is InChI=1S/C18H21N3O2/c1-15(2)17(10-9-16-7-5-4-6-8-16)23-14-21-12-11-20(3)18(21)13-19-22/h4-8,11-13,15,17H,14H2,1-3H3/b18-13-. The second-order valence-corrected chi connectivity index (χ2v) is 5.57. The van der Waals surface area contributed by atoms with Gasteiger partial charge in [0.2, 0.25) is 0 Å². The molecule has 0 amide bonds. The summed E-state index contributed by atoms with van der Waals surface area (Å²) in [4.78, 5) is 14.1. The molecule has 1 unspecified atom stereocenters. The summed E-state index contributed by atoms with van der Waals surface area (Å²) in [5, 5.41) is 2.84. The molecule has 5 heteroatoms. The summed E-state index contributed by atoms with van der Waals surface area (Å²) >= 11 is 0. The van der Waals surface area contributed by atoms with Crippen molar-refractivity contribution < 1.29 is 4.74 Å². The van der Waals surface area contributed by atoms with Gasteiger partial charge in [0.1, 0.15) is 24.9 Å². The van der Waals surface area contributed by atoms with Gasteiger partial charge in [-0.05, 0) is 23.2 Å². The van der Waals surface area contributed by atoms with Crippen LogP contribution in [0.1, 0.15) is 19.4 Å². The van der Waals surface area contributed by atoms with E-state index in [9.17, 15) is 4.91 Å². The van der Waals surface area contributed by atoms with Crippen LogP contribution in [-0.4, -0.2) is 29.7 Å². The summed E-state index contributed by atoms with van der Waals surface area (Å²) in [7, 11) is 1.85. The van der Waals surface area contributed by atoms with Crippen LogP contribution in [0.15, 0.2) is 59.9 Å². The van der Waals surface area contributed by atoms with Gasteiger partial charge in [0.05, 0.1) is 0 Å². The Kier molecular flexibility index (Phi) is 5.95. The molecule has 1 aromatic rings. The fourth-order valence-corrected chi connectivity index (χ4v) is 2.09. The molecule has 120 valence electrons. The Labute approximate surface area is 137 Å². The van der Waals surface area contributed by atoms with E-state index in [0.29, 0.717) is 12.6 Å². The number of ether oxygens (including phenoxy) is 1. The van der Waals surface area contributed by atoms with Crippen LogP contribution < -0.4 is 0 Å². The minimum absolute atomic E-state index is 0.194. The number of hydrogen-bond acceptors (Lipinski definition) is 5. The average Bonchev–Trinajstić information content (AvgIpc) is 2.89. The van der Waals surface area contributed by atoms with Crippen molar-refractivity contribution in [3.63, 3.8) is 0 Å². The van der Waals surface area contributed by atoms with Crippen LogP contribution in [0.2, 0.25) is 0 Å². The van der Waals surface area contributed by atoms with Crippen molar-refractivity contribution in [2.24, 2.45) is 11.1 Å². The van der Waals surface area contributed by atoms with Crippen molar-refractivity contribution in [2.75, 3.05) is 13.8 Å². The Morgan fingerprint density at radius 2 is 2.00 bits per heavy atom. The summed E-state index contributed by atoms with van der Waals surface area (Å²) < 4.78 is 5.92. The van der Waals surface area contributed by atoms with Crippen LogP contribution in [0.25, 0.3) is 0 Å². The highest BCUT2D eigenvalue weighted by Gasteiger charge is 2.19. The smallest absolute Gasteiger partial charge is 0.136 e. The van der Waals surface area contributed by atoms with Gasteiger partial charge in [-0.3, -0.25) is 0 Å². The maximum atomic E-state index is 10.5. The Balaban J connectivity index is 2.01. The molecule has 0 spiro atoms. The third-order valence-electron chi connectivity index (χ3n) is 3.43. The molecule has 2 rings (SSSR count). The van der Waals surface area contributed by atoms with Crippen LogP contribution in [-0.2, 0) is 4.74 Å². The molecule has 0 radical (unpaired) electrons. The summed E-state index contributed by atoms with van der Waals surface area (Å²) in [6, 6.07) is 9.83. The van der Waals surface area contributed by atoms with Crippen LogP contribution >= 0.6 is 0 Å². The van der Waals surface area contributed by atoms with Gasteiger partial charge >= 0.3 is 0 Å². The first-order valence-corrected chi connectivity index (χ1v) is 7.50. The number of nitroso groups, excluding NO2 is 1. The normalized spacial score (nSPS) is 16.6. The van der Waals surface area contributed by atoms with E-state index in [4.69, 9.17) is 4.74 Å². The van der Waals surface area contributed by atoms with Crippen molar-refractivity contribution in [3.8, 4) is 11.8 Å². The molecule has 1 heterocycles. The number of hydrogen-bond donors (Lipinski definition) is 0. The summed E-state index contributed by atoms with van der Waals surface area (Å²) in [5.74, 6) is 7.25. The molecule has 5 nitrogen and oxygen atoms in total. The van der Waals surface area contributed by atoms with Crippen LogP contribution in [0.5, 0.6) is 0 Å². The first kappa shape index (κ1) is 16.8. The summed E-state index contributed by atoms with van der Waals surface area (Å²) in [5.41, 5.74) is 0.966. The van der Waals surface area contributed by atoms with E-state index in [1.807, 2.05) is 59.6 Å². The monoisotopic (exact) mass is 311 g/mol. The molecule has 0 fully saturated rings. The van der Waals surface area contributed by atoms with Gasteiger partial charge in [-0.15, -0.1) is 4.91 Å². The average molecular weight is 311 g/mol. The predicted molar refractivity (Wildman–Crippen MR) is 90.5 cm³/mol. The lowest BCUT2D eigenvalue weighted by atomic mass is 10.1. The van der Waals surface area contributed by atoms with Crippen LogP contribution in [0.4, 0.5) is 0 Å². The number of benzene rings is 1. The van der Waals surface area contributed by atoms with E-state index in [2.05, 4.69) is 30.9 Å². The van der Waals surface area contributed by atoms with Gasteiger partial charge in [0.25, 0.3) is 0 Å². The first-order chi connectivity index (χ1) is 11.1. The molecule has 1 aliphatic heterocycles. The lowest BCUT2D eigenvalue weighted by molar-refractivity contribution is 0.0114. The second kappa shape index (κ2) is 8.16. The van der Waals surface area contributed by atoms with Gasteiger partial charge < -0.3 is 14.5 Å². The van der Waals surface area contributed by atoms with Crippen molar-refractivity contribution >= 4 is 0 Å². The summed E-state index contributed by atoms with van der Waals surface area (Å²) in [6.45, 7) is 4.45. The first-order valence-electron chi connectivity index (χ1n) is 7.50. The molecule has 0 saturated heterocycles. The fraction of sp³-hybridized carbons (Fsp3) is 0.333. The van der Waals surface area contributed by atoms with Gasteiger partial charge in [-0.1, -0.05) is 43.9 Å². The zero-order valence-electron chi connectivity index (χ0n) is 13.6. The zero-order chi connectivity index (χ0) is 16.7. The minimum atomic E-state index is -0.194. The Morgan fingerprint density at radius 1 is 1.26 bits per heavy atom. The molecule has 1 aromatic carbocycles. The molecule has 0 aliphatic carbocycles. The van der Waals surface area contributed by atoms with Crippen molar-refractivity contribution in [2.45, 2.75) is 20.0 Å². The molecule has 0 saturated carbocycles. The Hall–Kier alpha value is -2.58. The number of nitrogens with zero attached hydrogens (tertiary/aromatic N) is 3. The SMILES string of the molecule is CC(C)C(C#Cc1ccccc1)OCN1C=CN(C)/C1=C/N=O.